The van der Waals surface area contributed by atoms with Crippen LogP contribution in [-0.2, 0) is 0 Å². The van der Waals surface area contributed by atoms with Crippen molar-refractivity contribution in [1.82, 2.24) is 5.43 Å². The van der Waals surface area contributed by atoms with Crippen LogP contribution in [-0.4, -0.2) is 6.04 Å². The molecule has 1 saturated carbocycles. The lowest BCUT2D eigenvalue weighted by Gasteiger charge is -2.16. The molecule has 2 atom stereocenters. The Morgan fingerprint density at radius 1 is 1.69 bits per heavy atom. The van der Waals surface area contributed by atoms with E-state index < -0.39 is 0 Å². The van der Waals surface area contributed by atoms with Crippen molar-refractivity contribution in [3.05, 3.63) is 0 Å². The van der Waals surface area contributed by atoms with Gasteiger partial charge in [0.25, 0.3) is 0 Å². The summed E-state index contributed by atoms with van der Waals surface area (Å²) in [5.41, 5.74) is 3.40. The van der Waals surface area contributed by atoms with Crippen molar-refractivity contribution in [3.8, 4) is 12.3 Å². The fourth-order valence-electron chi connectivity index (χ4n) is 2.02. The molecule has 0 spiro atoms. The van der Waals surface area contributed by atoms with Gasteiger partial charge in [-0.1, -0.05) is 13.8 Å². The van der Waals surface area contributed by atoms with Crippen LogP contribution in [0, 0.1) is 23.7 Å². The Hall–Kier alpha value is -0.520. The molecule has 0 bridgehead atoms. The molecular weight excluding hydrogens is 160 g/mol. The van der Waals surface area contributed by atoms with Crippen LogP contribution in [0.2, 0.25) is 0 Å². The summed E-state index contributed by atoms with van der Waals surface area (Å²) in [6.45, 7) is 4.59. The van der Waals surface area contributed by atoms with E-state index in [0.29, 0.717) is 11.5 Å². The van der Waals surface area contributed by atoms with Crippen LogP contribution in [0.1, 0.15) is 39.5 Å². The van der Waals surface area contributed by atoms with Crippen LogP contribution in [0.3, 0.4) is 0 Å². The minimum atomic E-state index is 0.461. The molecule has 0 saturated heterocycles. The van der Waals surface area contributed by atoms with Crippen molar-refractivity contribution < 1.29 is 0 Å². The first-order chi connectivity index (χ1) is 6.11. The number of hydrogen-bond acceptors (Lipinski definition) is 2. The second-order valence-electron chi connectivity index (χ2n) is 4.67. The first kappa shape index (κ1) is 10.6. The number of nitrogens with two attached hydrogens (primary N) is 1. The van der Waals surface area contributed by atoms with Gasteiger partial charge in [0, 0.05) is 12.5 Å². The molecule has 13 heavy (non-hydrogen) atoms. The van der Waals surface area contributed by atoms with E-state index in [-0.39, 0.29) is 0 Å². The van der Waals surface area contributed by atoms with Gasteiger partial charge < -0.3 is 0 Å². The molecule has 2 heteroatoms. The minimum absolute atomic E-state index is 0.461. The Balaban J connectivity index is 2.25. The third-order valence-electron chi connectivity index (χ3n) is 3.13. The Bertz CT molecular complexity index is 203. The van der Waals surface area contributed by atoms with Gasteiger partial charge in [-0.05, 0) is 30.6 Å². The molecule has 0 aromatic rings. The Labute approximate surface area is 81.2 Å². The van der Waals surface area contributed by atoms with Gasteiger partial charge >= 0.3 is 0 Å². The maximum Gasteiger partial charge on any atom is 0.0244 e. The molecule has 1 aliphatic carbocycles. The first-order valence-electron chi connectivity index (χ1n) is 5.01. The third kappa shape index (κ3) is 2.72. The summed E-state index contributed by atoms with van der Waals surface area (Å²) in [4.78, 5) is 0. The molecule has 74 valence electrons. The van der Waals surface area contributed by atoms with Crippen molar-refractivity contribution in [3.63, 3.8) is 0 Å². The Morgan fingerprint density at radius 2 is 2.31 bits per heavy atom. The monoisotopic (exact) mass is 180 g/mol. The summed E-state index contributed by atoms with van der Waals surface area (Å²) in [5.74, 6) is 8.92. The van der Waals surface area contributed by atoms with Crippen molar-refractivity contribution >= 4 is 0 Å². The minimum Gasteiger partial charge on any atom is -0.271 e. The van der Waals surface area contributed by atoms with Crippen LogP contribution in [0.25, 0.3) is 0 Å². The topological polar surface area (TPSA) is 38.0 Å². The third-order valence-corrected chi connectivity index (χ3v) is 3.13. The maximum atomic E-state index is 5.52. The fourth-order valence-corrected chi connectivity index (χ4v) is 2.02. The normalized spacial score (nSPS) is 26.5. The number of terminal acetylenes is 1. The molecule has 2 nitrogen and oxygen atoms in total. The molecule has 0 radical (unpaired) electrons. The molecule has 0 aliphatic heterocycles. The SMILES string of the molecule is C#CCCCC(NN)C1CC1(C)C. The number of hydrazine groups is 1. The van der Waals surface area contributed by atoms with Gasteiger partial charge in [0.2, 0.25) is 0 Å². The van der Waals surface area contributed by atoms with Crippen molar-refractivity contribution in [1.29, 1.82) is 0 Å². The summed E-state index contributed by atoms with van der Waals surface area (Å²) in [6, 6.07) is 0.461. The average molecular weight is 180 g/mol. The van der Waals surface area contributed by atoms with Gasteiger partial charge in [0.1, 0.15) is 0 Å². The standard InChI is InChI=1S/C11H20N2/c1-4-5-6-7-10(13-12)9-8-11(9,2)3/h1,9-10,13H,5-8,12H2,2-3H3. The highest BCUT2D eigenvalue weighted by Crippen LogP contribution is 2.54. The van der Waals surface area contributed by atoms with Crippen molar-refractivity contribution in [2.24, 2.45) is 17.2 Å². The van der Waals surface area contributed by atoms with Crippen LogP contribution < -0.4 is 11.3 Å². The van der Waals surface area contributed by atoms with Gasteiger partial charge in [0.15, 0.2) is 0 Å². The molecule has 1 fully saturated rings. The summed E-state index contributed by atoms with van der Waals surface area (Å²) in [7, 11) is 0. The van der Waals surface area contributed by atoms with Gasteiger partial charge in [-0.2, -0.15) is 0 Å². The number of hydrogen-bond donors (Lipinski definition) is 2. The summed E-state index contributed by atoms with van der Waals surface area (Å²) >= 11 is 0. The second-order valence-corrected chi connectivity index (χ2v) is 4.67. The molecule has 3 N–H and O–H groups in total. The van der Waals surface area contributed by atoms with Crippen LogP contribution in [0.5, 0.6) is 0 Å². The predicted octanol–water partition coefficient (Wildman–Crippen LogP) is 1.67. The zero-order valence-corrected chi connectivity index (χ0v) is 8.64. The van der Waals surface area contributed by atoms with Crippen molar-refractivity contribution in [2.75, 3.05) is 0 Å². The van der Waals surface area contributed by atoms with Gasteiger partial charge in [0.05, 0.1) is 0 Å². The Morgan fingerprint density at radius 3 is 2.69 bits per heavy atom. The zero-order valence-electron chi connectivity index (χ0n) is 8.64. The average Bonchev–Trinajstić information content (AvgIpc) is 2.69. The van der Waals surface area contributed by atoms with E-state index in [0.717, 1.165) is 25.2 Å². The quantitative estimate of drug-likeness (QED) is 0.292. The van der Waals surface area contributed by atoms with Gasteiger partial charge in [-0.15, -0.1) is 12.3 Å². The van der Waals surface area contributed by atoms with E-state index in [1.165, 1.54) is 6.42 Å². The van der Waals surface area contributed by atoms with E-state index in [2.05, 4.69) is 25.2 Å². The number of nitrogens with one attached hydrogen (secondary N) is 1. The lowest BCUT2D eigenvalue weighted by atomic mass is 10.00. The number of unbranched alkanes of at least 4 members (excludes halogenated alkanes) is 1. The summed E-state index contributed by atoms with van der Waals surface area (Å²) in [6.07, 6.45) is 9.54. The lowest BCUT2D eigenvalue weighted by Crippen LogP contribution is -2.37. The van der Waals surface area contributed by atoms with Crippen LogP contribution in [0.4, 0.5) is 0 Å². The molecular formula is C11H20N2. The van der Waals surface area contributed by atoms with E-state index in [4.69, 9.17) is 12.3 Å². The highest BCUT2D eigenvalue weighted by Gasteiger charge is 2.49. The predicted molar refractivity (Wildman–Crippen MR) is 55.7 cm³/mol. The van der Waals surface area contributed by atoms with Crippen LogP contribution in [0.15, 0.2) is 0 Å². The lowest BCUT2D eigenvalue weighted by molar-refractivity contribution is 0.384. The van der Waals surface area contributed by atoms with E-state index in [1.807, 2.05) is 0 Å². The molecule has 1 rings (SSSR count). The highest BCUT2D eigenvalue weighted by molar-refractivity contribution is 5.01. The molecule has 0 aromatic heterocycles. The number of rotatable bonds is 5. The largest absolute Gasteiger partial charge is 0.271 e. The van der Waals surface area contributed by atoms with E-state index >= 15 is 0 Å². The maximum absolute atomic E-state index is 5.52. The fraction of sp³-hybridized carbons (Fsp3) is 0.818. The molecule has 0 aromatic carbocycles. The van der Waals surface area contributed by atoms with Gasteiger partial charge in [-0.25, -0.2) is 0 Å². The van der Waals surface area contributed by atoms with Crippen LogP contribution >= 0.6 is 0 Å². The summed E-state index contributed by atoms with van der Waals surface area (Å²) < 4.78 is 0. The Kier molecular flexibility index (Phi) is 3.35. The molecule has 0 heterocycles. The van der Waals surface area contributed by atoms with Gasteiger partial charge in [-0.3, -0.25) is 11.3 Å². The zero-order chi connectivity index (χ0) is 9.90. The smallest absolute Gasteiger partial charge is 0.0244 e. The summed E-state index contributed by atoms with van der Waals surface area (Å²) in [5, 5.41) is 0. The molecule has 1 aliphatic rings. The first-order valence-corrected chi connectivity index (χ1v) is 5.01. The molecule has 2 unspecified atom stereocenters. The highest BCUT2D eigenvalue weighted by atomic mass is 15.2. The van der Waals surface area contributed by atoms with E-state index in [9.17, 15) is 0 Å². The van der Waals surface area contributed by atoms with Crippen molar-refractivity contribution in [2.45, 2.75) is 45.6 Å². The van der Waals surface area contributed by atoms with E-state index in [1.54, 1.807) is 0 Å². The molecule has 0 amide bonds. The second kappa shape index (κ2) is 4.13.